The van der Waals surface area contributed by atoms with Gasteiger partial charge in [-0.1, -0.05) is 61.5 Å². The van der Waals surface area contributed by atoms with Gasteiger partial charge >= 0.3 is 0 Å². The van der Waals surface area contributed by atoms with Crippen LogP contribution in [0.4, 0.5) is 4.39 Å². The number of halogens is 1. The summed E-state index contributed by atoms with van der Waals surface area (Å²) in [4.78, 5) is 41.5. The lowest BCUT2D eigenvalue weighted by atomic mass is 10.0. The van der Waals surface area contributed by atoms with Crippen LogP contribution >= 0.6 is 0 Å². The van der Waals surface area contributed by atoms with E-state index in [4.69, 9.17) is 0 Å². The molecular weight excluding hydrogens is 521 g/mol. The summed E-state index contributed by atoms with van der Waals surface area (Å²) in [6.45, 7) is 2.88. The average molecular weight is 552 g/mol. The first-order valence-corrected chi connectivity index (χ1v) is 14.1. The van der Waals surface area contributed by atoms with Crippen LogP contribution in [-0.4, -0.2) is 54.0 Å². The molecule has 0 aliphatic carbocycles. The maximum Gasteiger partial charge on any atom is 0.269 e. The van der Waals surface area contributed by atoms with E-state index in [0.717, 1.165) is 5.56 Å². The van der Waals surface area contributed by atoms with Gasteiger partial charge in [-0.25, -0.2) is 17.1 Å². The second-order valence-corrected chi connectivity index (χ2v) is 11.3. The third-order valence-electron chi connectivity index (χ3n) is 6.73. The van der Waals surface area contributed by atoms with Gasteiger partial charge in [0.1, 0.15) is 23.3 Å². The molecule has 10 heteroatoms. The van der Waals surface area contributed by atoms with Crippen molar-refractivity contribution in [1.82, 2.24) is 14.5 Å². The van der Waals surface area contributed by atoms with Crippen LogP contribution in [0.25, 0.3) is 0 Å². The van der Waals surface area contributed by atoms with E-state index in [1.165, 1.54) is 47.4 Å². The van der Waals surface area contributed by atoms with E-state index in [2.05, 4.69) is 5.32 Å². The monoisotopic (exact) mass is 551 g/mol. The van der Waals surface area contributed by atoms with Crippen LogP contribution in [0.1, 0.15) is 41.8 Å². The van der Waals surface area contributed by atoms with Crippen molar-refractivity contribution in [2.24, 2.45) is 0 Å². The molecule has 0 bridgehead atoms. The maximum atomic E-state index is 13.9. The van der Waals surface area contributed by atoms with E-state index in [9.17, 15) is 27.2 Å². The van der Waals surface area contributed by atoms with Crippen LogP contribution in [0.2, 0.25) is 0 Å². The number of amides is 3. The SMILES string of the molecule is CCC(C)NC(=O)C(Cc1ccccc1)N(Cc1ccc(F)cc1)C(=O)CN1C(=O)c2ccccc2S1(=O)=O. The molecule has 204 valence electrons. The fraction of sp³-hybridized carbons (Fsp3) is 0.276. The van der Waals surface area contributed by atoms with Crippen molar-refractivity contribution < 1.29 is 27.2 Å². The molecule has 1 N–H and O–H groups in total. The fourth-order valence-electron chi connectivity index (χ4n) is 4.38. The first kappa shape index (κ1) is 28.0. The summed E-state index contributed by atoms with van der Waals surface area (Å²) in [5.41, 5.74) is 1.32. The molecule has 3 amide bonds. The number of carbonyl (C=O) groups excluding carboxylic acids is 3. The van der Waals surface area contributed by atoms with Crippen LogP contribution in [0.15, 0.2) is 83.8 Å². The zero-order valence-corrected chi connectivity index (χ0v) is 22.5. The largest absolute Gasteiger partial charge is 0.352 e. The summed E-state index contributed by atoms with van der Waals surface area (Å²) < 4.78 is 40.4. The first-order valence-electron chi connectivity index (χ1n) is 12.7. The zero-order valence-electron chi connectivity index (χ0n) is 21.7. The normalized spacial score (nSPS) is 15.4. The van der Waals surface area contributed by atoms with Crippen molar-refractivity contribution in [2.75, 3.05) is 6.54 Å². The van der Waals surface area contributed by atoms with Crippen molar-refractivity contribution in [3.63, 3.8) is 0 Å². The number of fused-ring (bicyclic) bond motifs is 1. The molecule has 0 saturated carbocycles. The topological polar surface area (TPSA) is 104 Å². The number of benzene rings is 3. The molecule has 1 heterocycles. The Morgan fingerprint density at radius 2 is 1.59 bits per heavy atom. The molecule has 0 aromatic heterocycles. The molecule has 3 aromatic carbocycles. The lowest BCUT2D eigenvalue weighted by Crippen LogP contribution is -2.54. The molecule has 2 atom stereocenters. The van der Waals surface area contributed by atoms with Crippen molar-refractivity contribution >= 4 is 27.7 Å². The Balaban J connectivity index is 1.71. The van der Waals surface area contributed by atoms with Crippen LogP contribution < -0.4 is 5.32 Å². The van der Waals surface area contributed by atoms with Gasteiger partial charge in [0.05, 0.1) is 5.56 Å². The van der Waals surface area contributed by atoms with Crippen LogP contribution in [-0.2, 0) is 32.6 Å². The summed E-state index contributed by atoms with van der Waals surface area (Å²) in [5, 5.41) is 2.92. The number of nitrogens with zero attached hydrogens (tertiary/aromatic N) is 2. The Kier molecular flexibility index (Phi) is 8.44. The summed E-state index contributed by atoms with van der Waals surface area (Å²) in [6, 6.07) is 19.2. The van der Waals surface area contributed by atoms with Gasteiger partial charge in [0.25, 0.3) is 15.9 Å². The van der Waals surface area contributed by atoms with Gasteiger partial charge in [-0.05, 0) is 48.7 Å². The van der Waals surface area contributed by atoms with Gasteiger partial charge in [-0.15, -0.1) is 0 Å². The highest BCUT2D eigenvalue weighted by atomic mass is 32.2. The van der Waals surface area contributed by atoms with E-state index in [1.807, 2.05) is 44.2 Å². The van der Waals surface area contributed by atoms with Gasteiger partial charge in [-0.3, -0.25) is 14.4 Å². The predicted molar refractivity (Wildman–Crippen MR) is 143 cm³/mol. The minimum Gasteiger partial charge on any atom is -0.352 e. The van der Waals surface area contributed by atoms with Gasteiger partial charge in [0.2, 0.25) is 11.8 Å². The first-order chi connectivity index (χ1) is 18.6. The Morgan fingerprint density at radius 3 is 2.23 bits per heavy atom. The molecule has 0 fully saturated rings. The summed E-state index contributed by atoms with van der Waals surface area (Å²) in [6.07, 6.45) is 0.811. The number of hydrogen-bond donors (Lipinski definition) is 1. The third-order valence-corrected chi connectivity index (χ3v) is 8.52. The molecule has 39 heavy (non-hydrogen) atoms. The predicted octanol–water partition coefficient (Wildman–Crippen LogP) is 3.53. The van der Waals surface area contributed by atoms with E-state index < -0.39 is 46.1 Å². The number of hydrogen-bond acceptors (Lipinski definition) is 5. The van der Waals surface area contributed by atoms with Crippen molar-refractivity contribution in [1.29, 1.82) is 0 Å². The Labute approximate surface area is 227 Å². The number of nitrogens with one attached hydrogen (secondary N) is 1. The Hall–Kier alpha value is -4.05. The lowest BCUT2D eigenvalue weighted by molar-refractivity contribution is -0.141. The van der Waals surface area contributed by atoms with Gasteiger partial charge in [0, 0.05) is 19.0 Å². The summed E-state index contributed by atoms with van der Waals surface area (Å²) in [5.74, 6) is -2.41. The zero-order chi connectivity index (χ0) is 28.2. The number of carbonyl (C=O) groups is 3. The number of rotatable bonds is 10. The maximum absolute atomic E-state index is 13.9. The van der Waals surface area contributed by atoms with E-state index in [0.29, 0.717) is 16.3 Å². The second kappa shape index (κ2) is 11.8. The highest BCUT2D eigenvalue weighted by Gasteiger charge is 2.43. The smallest absolute Gasteiger partial charge is 0.269 e. The number of sulfonamides is 1. The quantitative estimate of drug-likeness (QED) is 0.415. The molecule has 0 spiro atoms. The second-order valence-electron chi connectivity index (χ2n) is 9.48. The minimum atomic E-state index is -4.24. The molecule has 2 unspecified atom stereocenters. The lowest BCUT2D eigenvalue weighted by Gasteiger charge is -2.33. The van der Waals surface area contributed by atoms with Crippen molar-refractivity contribution in [2.45, 2.75) is 50.2 Å². The van der Waals surface area contributed by atoms with E-state index in [1.54, 1.807) is 6.07 Å². The van der Waals surface area contributed by atoms with Crippen molar-refractivity contribution in [3.8, 4) is 0 Å². The molecule has 4 rings (SSSR count). The molecule has 3 aromatic rings. The molecule has 0 saturated heterocycles. The van der Waals surface area contributed by atoms with Gasteiger partial charge < -0.3 is 10.2 Å². The standard InChI is InChI=1S/C29H30FN3O5S/c1-3-20(2)31-28(35)25(17-21-9-5-4-6-10-21)32(18-22-13-15-23(30)16-14-22)27(34)19-33-29(36)24-11-7-8-12-26(24)39(33,37)38/h4-16,20,25H,3,17-19H2,1-2H3,(H,31,35). The van der Waals surface area contributed by atoms with Gasteiger partial charge in [-0.2, -0.15) is 0 Å². The fourth-order valence-corrected chi connectivity index (χ4v) is 5.90. The Bertz CT molecular complexity index is 1460. The highest BCUT2D eigenvalue weighted by Crippen LogP contribution is 2.30. The van der Waals surface area contributed by atoms with E-state index >= 15 is 0 Å². The average Bonchev–Trinajstić information content (AvgIpc) is 3.12. The van der Waals surface area contributed by atoms with E-state index in [-0.39, 0.29) is 29.5 Å². The Morgan fingerprint density at radius 1 is 0.949 bits per heavy atom. The summed E-state index contributed by atoms with van der Waals surface area (Å²) in [7, 11) is -4.24. The molecule has 1 aliphatic heterocycles. The molecule has 1 aliphatic rings. The molecular formula is C29H30FN3O5S. The summed E-state index contributed by atoms with van der Waals surface area (Å²) >= 11 is 0. The van der Waals surface area contributed by atoms with Crippen LogP contribution in [0, 0.1) is 5.82 Å². The third kappa shape index (κ3) is 6.17. The van der Waals surface area contributed by atoms with Gasteiger partial charge in [0.15, 0.2) is 0 Å². The van der Waals surface area contributed by atoms with Crippen LogP contribution in [0.3, 0.4) is 0 Å². The minimum absolute atomic E-state index is 0.00858. The highest BCUT2D eigenvalue weighted by molar-refractivity contribution is 7.90. The molecule has 0 radical (unpaired) electrons. The van der Waals surface area contributed by atoms with Crippen molar-refractivity contribution in [3.05, 3.63) is 101 Å². The van der Waals surface area contributed by atoms with Crippen LogP contribution in [0.5, 0.6) is 0 Å². The molecule has 8 nitrogen and oxygen atoms in total.